The molecular formula is C21H40O3Si. The van der Waals surface area contributed by atoms with E-state index in [1.54, 1.807) is 0 Å². The first-order valence-corrected chi connectivity index (χ1v) is 13.0. The molecule has 0 aromatic rings. The zero-order valence-electron chi connectivity index (χ0n) is 17.5. The Hall–Kier alpha value is -0.343. The van der Waals surface area contributed by atoms with E-state index in [0.29, 0.717) is 6.61 Å². The molecule has 0 radical (unpaired) electrons. The minimum atomic E-state index is -1.82. The van der Waals surface area contributed by atoms with Crippen molar-refractivity contribution in [2.75, 3.05) is 13.2 Å². The van der Waals surface area contributed by atoms with Crippen molar-refractivity contribution < 1.29 is 13.9 Å². The molecule has 0 aromatic carbocycles. The second-order valence-corrected chi connectivity index (χ2v) is 13.4. The molecule has 0 saturated carbocycles. The first kappa shape index (κ1) is 22.7. The van der Waals surface area contributed by atoms with E-state index >= 15 is 0 Å². The van der Waals surface area contributed by atoms with Crippen molar-refractivity contribution in [2.24, 2.45) is 0 Å². The lowest BCUT2D eigenvalue weighted by Gasteiger charge is -2.39. The maximum atomic E-state index is 6.58. The van der Waals surface area contributed by atoms with Crippen LogP contribution in [0.4, 0.5) is 0 Å². The maximum Gasteiger partial charge on any atom is 0.192 e. The SMILES string of the molecule is CCCCCC#CC[C@H](COC1CCCCO1)O[Si](C)(C)C(C)(C)C. The lowest BCUT2D eigenvalue weighted by atomic mass is 10.2. The number of rotatable bonds is 9. The van der Waals surface area contributed by atoms with Gasteiger partial charge in [-0.1, -0.05) is 40.5 Å². The Balaban J connectivity index is 2.55. The van der Waals surface area contributed by atoms with Crippen LogP contribution in [0.25, 0.3) is 0 Å². The summed E-state index contributed by atoms with van der Waals surface area (Å²) in [4.78, 5) is 0. The van der Waals surface area contributed by atoms with Crippen molar-refractivity contribution in [1.82, 2.24) is 0 Å². The average molecular weight is 369 g/mol. The molecule has 2 atom stereocenters. The summed E-state index contributed by atoms with van der Waals surface area (Å²) in [6.07, 6.45) is 8.77. The molecule has 1 unspecified atom stereocenters. The first-order chi connectivity index (χ1) is 11.8. The van der Waals surface area contributed by atoms with Crippen molar-refractivity contribution >= 4 is 8.32 Å². The fourth-order valence-electron chi connectivity index (χ4n) is 2.52. The molecule has 3 nitrogen and oxygen atoms in total. The van der Waals surface area contributed by atoms with Crippen molar-refractivity contribution in [2.45, 2.75) is 110 Å². The third-order valence-electron chi connectivity index (χ3n) is 5.23. The van der Waals surface area contributed by atoms with E-state index in [9.17, 15) is 0 Å². The Morgan fingerprint density at radius 1 is 1.16 bits per heavy atom. The van der Waals surface area contributed by atoms with Crippen LogP contribution < -0.4 is 0 Å². The van der Waals surface area contributed by atoms with Gasteiger partial charge >= 0.3 is 0 Å². The molecule has 1 aliphatic heterocycles. The highest BCUT2D eigenvalue weighted by Crippen LogP contribution is 2.37. The molecule has 1 saturated heterocycles. The molecule has 0 spiro atoms. The molecule has 4 heteroatoms. The molecule has 1 fully saturated rings. The van der Waals surface area contributed by atoms with Gasteiger partial charge < -0.3 is 13.9 Å². The highest BCUT2D eigenvalue weighted by molar-refractivity contribution is 6.74. The first-order valence-electron chi connectivity index (χ1n) is 10.1. The fourth-order valence-corrected chi connectivity index (χ4v) is 3.86. The molecule has 25 heavy (non-hydrogen) atoms. The largest absolute Gasteiger partial charge is 0.411 e. The van der Waals surface area contributed by atoms with E-state index in [2.05, 4.69) is 52.6 Å². The molecule has 1 heterocycles. The monoisotopic (exact) mass is 368 g/mol. The summed E-state index contributed by atoms with van der Waals surface area (Å²) in [5, 5.41) is 0.196. The van der Waals surface area contributed by atoms with Crippen LogP contribution in [-0.2, 0) is 13.9 Å². The van der Waals surface area contributed by atoms with Crippen molar-refractivity contribution in [3.8, 4) is 11.8 Å². The Kier molecular flexibility index (Phi) is 10.3. The van der Waals surface area contributed by atoms with Crippen LogP contribution in [0.2, 0.25) is 18.1 Å². The van der Waals surface area contributed by atoms with Crippen LogP contribution in [-0.4, -0.2) is 33.9 Å². The molecule has 1 aliphatic rings. The summed E-state index contributed by atoms with van der Waals surface area (Å²) in [5.41, 5.74) is 0. The number of unbranched alkanes of at least 4 members (excludes halogenated alkanes) is 3. The molecule has 0 aliphatic carbocycles. The van der Waals surface area contributed by atoms with Gasteiger partial charge in [-0.3, -0.25) is 0 Å². The summed E-state index contributed by atoms with van der Waals surface area (Å²) < 4.78 is 18.3. The number of hydrogen-bond donors (Lipinski definition) is 0. The van der Waals surface area contributed by atoms with Gasteiger partial charge in [0.2, 0.25) is 0 Å². The zero-order chi connectivity index (χ0) is 18.8. The molecule has 0 aromatic heterocycles. The summed E-state index contributed by atoms with van der Waals surface area (Å²) >= 11 is 0. The standard InChI is InChI=1S/C21H40O3Si/c1-7-8-9-10-11-12-15-19(24-25(5,6)21(2,3)4)18-23-20-16-13-14-17-22-20/h19-20H,7-10,13-18H2,1-6H3/t19-,20?/m1/s1. The van der Waals surface area contributed by atoms with Crippen molar-refractivity contribution in [3.05, 3.63) is 0 Å². The third kappa shape index (κ3) is 9.24. The number of hydrogen-bond acceptors (Lipinski definition) is 3. The van der Waals surface area contributed by atoms with E-state index in [0.717, 1.165) is 32.3 Å². The Morgan fingerprint density at radius 2 is 1.92 bits per heavy atom. The van der Waals surface area contributed by atoms with Gasteiger partial charge in [-0.15, -0.1) is 11.8 Å². The highest BCUT2D eigenvalue weighted by atomic mass is 28.4. The quantitative estimate of drug-likeness (QED) is 0.288. The van der Waals surface area contributed by atoms with Crippen LogP contribution in [0.15, 0.2) is 0 Å². The Morgan fingerprint density at radius 3 is 2.52 bits per heavy atom. The van der Waals surface area contributed by atoms with Crippen LogP contribution in [0.3, 0.4) is 0 Å². The topological polar surface area (TPSA) is 27.7 Å². The Labute approximate surface area is 157 Å². The zero-order valence-corrected chi connectivity index (χ0v) is 18.5. The third-order valence-corrected chi connectivity index (χ3v) is 9.77. The van der Waals surface area contributed by atoms with Crippen molar-refractivity contribution in [1.29, 1.82) is 0 Å². The lowest BCUT2D eigenvalue weighted by molar-refractivity contribution is -0.173. The summed E-state index contributed by atoms with van der Waals surface area (Å²) in [7, 11) is -1.82. The van der Waals surface area contributed by atoms with E-state index < -0.39 is 8.32 Å². The van der Waals surface area contributed by atoms with Gasteiger partial charge in [-0.2, -0.15) is 0 Å². The van der Waals surface area contributed by atoms with Crippen LogP contribution in [0, 0.1) is 11.8 Å². The summed E-state index contributed by atoms with van der Waals surface area (Å²) in [6, 6.07) is 0. The van der Waals surface area contributed by atoms with Crippen LogP contribution >= 0.6 is 0 Å². The highest BCUT2D eigenvalue weighted by Gasteiger charge is 2.39. The van der Waals surface area contributed by atoms with Crippen LogP contribution in [0.1, 0.15) is 79.1 Å². The fraction of sp³-hybridized carbons (Fsp3) is 0.905. The molecule has 0 amide bonds. The molecular weight excluding hydrogens is 328 g/mol. The van der Waals surface area contributed by atoms with Gasteiger partial charge in [-0.25, -0.2) is 0 Å². The van der Waals surface area contributed by atoms with Gasteiger partial charge in [0.15, 0.2) is 14.6 Å². The molecule has 0 bridgehead atoms. The van der Waals surface area contributed by atoms with Crippen LogP contribution in [0.5, 0.6) is 0 Å². The molecule has 146 valence electrons. The minimum absolute atomic E-state index is 0.0464. The second-order valence-electron chi connectivity index (χ2n) is 8.64. The van der Waals surface area contributed by atoms with Crippen molar-refractivity contribution in [3.63, 3.8) is 0 Å². The lowest BCUT2D eigenvalue weighted by Crippen LogP contribution is -2.45. The average Bonchev–Trinajstić information content (AvgIpc) is 2.55. The summed E-state index contributed by atoms with van der Waals surface area (Å²) in [6.45, 7) is 15.0. The van der Waals surface area contributed by atoms with E-state index in [-0.39, 0.29) is 17.4 Å². The Bertz CT molecular complexity index is 411. The van der Waals surface area contributed by atoms with E-state index in [1.165, 1.54) is 25.7 Å². The molecule has 1 rings (SSSR count). The molecule has 0 N–H and O–H groups in total. The van der Waals surface area contributed by atoms with E-state index in [1.807, 2.05) is 0 Å². The second kappa shape index (κ2) is 11.4. The van der Waals surface area contributed by atoms with E-state index in [4.69, 9.17) is 13.9 Å². The minimum Gasteiger partial charge on any atom is -0.411 e. The van der Waals surface area contributed by atoms with Gasteiger partial charge in [0.25, 0.3) is 0 Å². The number of ether oxygens (including phenoxy) is 2. The summed E-state index contributed by atoms with van der Waals surface area (Å²) in [5.74, 6) is 6.64. The van der Waals surface area contributed by atoms with Gasteiger partial charge in [0.05, 0.1) is 12.7 Å². The van der Waals surface area contributed by atoms with Gasteiger partial charge in [-0.05, 0) is 43.8 Å². The van der Waals surface area contributed by atoms with Gasteiger partial charge in [0, 0.05) is 19.4 Å². The maximum absolute atomic E-state index is 6.58. The smallest absolute Gasteiger partial charge is 0.192 e. The predicted molar refractivity (Wildman–Crippen MR) is 108 cm³/mol. The predicted octanol–water partition coefficient (Wildman–Crippen LogP) is 5.89. The normalized spacial score (nSPS) is 20.0. The van der Waals surface area contributed by atoms with Gasteiger partial charge in [0.1, 0.15) is 0 Å².